The molecule has 2 N–H and O–H groups in total. The number of halogens is 2. The van der Waals surface area contributed by atoms with Crippen molar-refractivity contribution in [2.45, 2.75) is 0 Å². The number of benzene rings is 3. The summed E-state index contributed by atoms with van der Waals surface area (Å²) in [5.74, 6) is -0.704. The van der Waals surface area contributed by atoms with E-state index in [0.717, 1.165) is 32.7 Å². The Morgan fingerprint density at radius 1 is 0.811 bits per heavy atom. The fourth-order valence-electron chi connectivity index (χ4n) is 4.32. The van der Waals surface area contributed by atoms with Crippen molar-refractivity contribution < 1.29 is 13.6 Å². The second-order valence-electron chi connectivity index (χ2n) is 9.16. The molecule has 190 valence electrons. The van der Waals surface area contributed by atoms with E-state index in [2.05, 4.69) is 27.5 Å². The standard InChI is InChI=1S/C28H28F2N6O/c1-35-14-16-36(17-15-35)13-12-31-28(37)32-23-10-11-24-25(18-23)34-27(20-4-8-22(30)9-5-20)26(33-24)19-2-6-21(29)7-3-19/h2-11,18H,12-17H2,1H3,(H2,31,32,37). The predicted molar refractivity (Wildman–Crippen MR) is 141 cm³/mol. The van der Waals surface area contributed by atoms with Gasteiger partial charge in [-0.2, -0.15) is 0 Å². The Balaban J connectivity index is 1.36. The molecule has 2 heterocycles. The van der Waals surface area contributed by atoms with Gasteiger partial charge in [-0.15, -0.1) is 0 Å². The second-order valence-corrected chi connectivity index (χ2v) is 9.16. The molecule has 7 nitrogen and oxygen atoms in total. The van der Waals surface area contributed by atoms with E-state index in [1.54, 1.807) is 42.5 Å². The van der Waals surface area contributed by atoms with Crippen molar-refractivity contribution in [2.24, 2.45) is 0 Å². The summed E-state index contributed by atoms with van der Waals surface area (Å²) in [4.78, 5) is 26.7. The maximum absolute atomic E-state index is 13.6. The normalized spacial score (nSPS) is 14.6. The lowest BCUT2D eigenvalue weighted by molar-refractivity contribution is 0.155. The van der Waals surface area contributed by atoms with Gasteiger partial charge in [-0.25, -0.2) is 23.5 Å². The van der Waals surface area contributed by atoms with Gasteiger partial charge in [0.1, 0.15) is 11.6 Å². The number of nitrogens with one attached hydrogen (secondary N) is 2. The van der Waals surface area contributed by atoms with E-state index < -0.39 is 0 Å². The van der Waals surface area contributed by atoms with Gasteiger partial charge < -0.3 is 15.5 Å². The van der Waals surface area contributed by atoms with Crippen LogP contribution in [-0.2, 0) is 0 Å². The minimum Gasteiger partial charge on any atom is -0.337 e. The van der Waals surface area contributed by atoms with Gasteiger partial charge in [-0.05, 0) is 73.8 Å². The average molecular weight is 503 g/mol. The van der Waals surface area contributed by atoms with E-state index in [4.69, 9.17) is 9.97 Å². The molecule has 0 unspecified atom stereocenters. The third-order valence-corrected chi connectivity index (χ3v) is 6.47. The number of rotatable bonds is 6. The Bertz CT molecular complexity index is 1390. The maximum Gasteiger partial charge on any atom is 0.319 e. The first-order valence-electron chi connectivity index (χ1n) is 12.2. The number of nitrogens with zero attached hydrogens (tertiary/aromatic N) is 4. The van der Waals surface area contributed by atoms with Crippen LogP contribution in [0.25, 0.3) is 33.5 Å². The summed E-state index contributed by atoms with van der Waals surface area (Å²) in [6.45, 7) is 5.43. The first kappa shape index (κ1) is 24.7. The molecule has 37 heavy (non-hydrogen) atoms. The van der Waals surface area contributed by atoms with E-state index in [1.165, 1.54) is 24.3 Å². The molecular formula is C28H28F2N6O. The fourth-order valence-corrected chi connectivity index (χ4v) is 4.32. The van der Waals surface area contributed by atoms with Gasteiger partial charge in [0.2, 0.25) is 0 Å². The quantitative estimate of drug-likeness (QED) is 0.403. The van der Waals surface area contributed by atoms with Crippen LogP contribution in [0, 0.1) is 11.6 Å². The Kier molecular flexibility index (Phi) is 7.34. The summed E-state index contributed by atoms with van der Waals surface area (Å²) < 4.78 is 27.1. The van der Waals surface area contributed by atoms with E-state index in [-0.39, 0.29) is 17.7 Å². The summed E-state index contributed by atoms with van der Waals surface area (Å²) >= 11 is 0. The summed E-state index contributed by atoms with van der Waals surface area (Å²) in [6.07, 6.45) is 0. The van der Waals surface area contributed by atoms with Crippen molar-refractivity contribution in [3.05, 3.63) is 78.4 Å². The zero-order valence-corrected chi connectivity index (χ0v) is 20.5. The van der Waals surface area contributed by atoms with Gasteiger partial charge in [0.15, 0.2) is 0 Å². The number of hydrogen-bond donors (Lipinski definition) is 2. The molecular weight excluding hydrogens is 474 g/mol. The van der Waals surface area contributed by atoms with Crippen LogP contribution in [0.4, 0.5) is 19.3 Å². The van der Waals surface area contributed by atoms with Crippen LogP contribution in [0.1, 0.15) is 0 Å². The highest BCUT2D eigenvalue weighted by molar-refractivity contribution is 5.93. The first-order valence-corrected chi connectivity index (χ1v) is 12.2. The summed E-state index contributed by atoms with van der Waals surface area (Å²) in [5, 5.41) is 5.77. The van der Waals surface area contributed by atoms with E-state index in [1.807, 2.05) is 0 Å². The largest absolute Gasteiger partial charge is 0.337 e. The van der Waals surface area contributed by atoms with Gasteiger partial charge in [0.05, 0.1) is 22.4 Å². The number of aromatic nitrogens is 2. The van der Waals surface area contributed by atoms with Crippen molar-refractivity contribution in [3.63, 3.8) is 0 Å². The van der Waals surface area contributed by atoms with Gasteiger partial charge in [0.25, 0.3) is 0 Å². The molecule has 1 aliphatic heterocycles. The van der Waals surface area contributed by atoms with Crippen LogP contribution in [-0.4, -0.2) is 72.1 Å². The Morgan fingerprint density at radius 3 is 1.97 bits per heavy atom. The number of likely N-dealkylation sites (N-methyl/N-ethyl adjacent to an activating group) is 1. The Labute approximate surface area is 214 Å². The lowest BCUT2D eigenvalue weighted by atomic mass is 10.0. The van der Waals surface area contributed by atoms with Crippen LogP contribution in [0.3, 0.4) is 0 Å². The van der Waals surface area contributed by atoms with E-state index in [9.17, 15) is 13.6 Å². The molecule has 0 radical (unpaired) electrons. The van der Waals surface area contributed by atoms with Crippen LogP contribution in [0.15, 0.2) is 66.7 Å². The van der Waals surface area contributed by atoms with Crippen molar-refractivity contribution in [3.8, 4) is 22.5 Å². The minimum atomic E-state index is -0.356. The number of carbonyl (C=O) groups is 1. The lowest BCUT2D eigenvalue weighted by Gasteiger charge is -2.32. The molecule has 3 aromatic carbocycles. The fraction of sp³-hybridized carbons (Fsp3) is 0.250. The maximum atomic E-state index is 13.6. The predicted octanol–water partition coefficient (Wildman–Crippen LogP) is 4.61. The third kappa shape index (κ3) is 6.07. The summed E-state index contributed by atoms with van der Waals surface area (Å²) in [5.41, 5.74) is 4.23. The molecule has 1 saturated heterocycles. The topological polar surface area (TPSA) is 73.4 Å². The number of anilines is 1. The van der Waals surface area contributed by atoms with Gasteiger partial charge in [0, 0.05) is 56.1 Å². The van der Waals surface area contributed by atoms with E-state index >= 15 is 0 Å². The monoisotopic (exact) mass is 502 g/mol. The Morgan fingerprint density at radius 2 is 1.38 bits per heavy atom. The average Bonchev–Trinajstić information content (AvgIpc) is 2.90. The molecule has 4 aromatic rings. The lowest BCUT2D eigenvalue weighted by Crippen LogP contribution is -2.47. The number of urea groups is 1. The number of carbonyl (C=O) groups excluding carboxylic acids is 1. The Hall–Kier alpha value is -3.95. The molecule has 0 bridgehead atoms. The zero-order valence-electron chi connectivity index (χ0n) is 20.5. The van der Waals surface area contributed by atoms with Crippen LogP contribution < -0.4 is 10.6 Å². The summed E-state index contributed by atoms with van der Waals surface area (Å²) in [7, 11) is 2.11. The second kappa shape index (κ2) is 11.0. The molecule has 5 rings (SSSR count). The van der Waals surface area contributed by atoms with Gasteiger partial charge in [-0.3, -0.25) is 4.90 Å². The smallest absolute Gasteiger partial charge is 0.319 e. The van der Waals surface area contributed by atoms with Crippen LogP contribution in [0.5, 0.6) is 0 Å². The molecule has 1 aliphatic rings. The molecule has 0 saturated carbocycles. The highest BCUT2D eigenvalue weighted by Gasteiger charge is 2.16. The zero-order chi connectivity index (χ0) is 25.8. The van der Waals surface area contributed by atoms with E-state index in [0.29, 0.717) is 45.8 Å². The highest BCUT2D eigenvalue weighted by Crippen LogP contribution is 2.32. The SMILES string of the molecule is CN1CCN(CCNC(=O)Nc2ccc3nc(-c4ccc(F)cc4)c(-c4ccc(F)cc4)nc3c2)CC1. The number of piperazine rings is 1. The third-order valence-electron chi connectivity index (χ3n) is 6.47. The molecule has 1 aromatic heterocycles. The van der Waals surface area contributed by atoms with Crippen LogP contribution in [0.2, 0.25) is 0 Å². The van der Waals surface area contributed by atoms with Crippen molar-refractivity contribution in [1.82, 2.24) is 25.1 Å². The molecule has 1 fully saturated rings. The minimum absolute atomic E-state index is 0.289. The van der Waals surface area contributed by atoms with Crippen molar-refractivity contribution in [1.29, 1.82) is 0 Å². The molecule has 0 aliphatic carbocycles. The number of amides is 2. The molecule has 2 amide bonds. The highest BCUT2D eigenvalue weighted by atomic mass is 19.1. The van der Waals surface area contributed by atoms with Gasteiger partial charge >= 0.3 is 6.03 Å². The first-order chi connectivity index (χ1) is 17.9. The van der Waals surface area contributed by atoms with Crippen LogP contribution >= 0.6 is 0 Å². The molecule has 0 atom stereocenters. The van der Waals surface area contributed by atoms with Crippen molar-refractivity contribution >= 4 is 22.8 Å². The van der Waals surface area contributed by atoms with Gasteiger partial charge in [-0.1, -0.05) is 0 Å². The summed E-state index contributed by atoms with van der Waals surface area (Å²) in [6, 6.07) is 17.0. The molecule has 0 spiro atoms. The number of fused-ring (bicyclic) bond motifs is 1. The number of hydrogen-bond acceptors (Lipinski definition) is 5. The van der Waals surface area contributed by atoms with Crippen molar-refractivity contribution in [2.75, 3.05) is 51.6 Å². The molecule has 9 heteroatoms.